The van der Waals surface area contributed by atoms with Crippen LogP contribution in [0.5, 0.6) is 0 Å². The van der Waals surface area contributed by atoms with E-state index >= 15 is 0 Å². The van der Waals surface area contributed by atoms with Gasteiger partial charge in [-0.05, 0) is 31.5 Å². The molecule has 0 unspecified atom stereocenters. The summed E-state index contributed by atoms with van der Waals surface area (Å²) in [5.74, 6) is 0.180. The highest BCUT2D eigenvalue weighted by Gasteiger charge is 2.26. The first kappa shape index (κ1) is 21.4. The maximum Gasteiger partial charge on any atom is 0.198 e. The number of nitrogens with two attached hydrogens (primary N) is 1. The molecule has 0 fully saturated rings. The molecule has 2 aromatic heterocycles. The monoisotopic (exact) mass is 474 g/mol. The summed E-state index contributed by atoms with van der Waals surface area (Å²) in [5, 5.41) is 0.269. The molecule has 0 spiro atoms. The van der Waals surface area contributed by atoms with Gasteiger partial charge < -0.3 is 10.7 Å². The number of nitrogen functional groups attached to an aromatic ring is 1. The summed E-state index contributed by atoms with van der Waals surface area (Å²) >= 11 is 1.53. The van der Waals surface area contributed by atoms with E-state index in [-0.39, 0.29) is 10.8 Å². The molecule has 2 heterocycles. The van der Waals surface area contributed by atoms with Crippen molar-refractivity contribution < 1.29 is 8.42 Å². The van der Waals surface area contributed by atoms with Crippen molar-refractivity contribution in [2.45, 2.75) is 24.0 Å². The molecule has 0 atom stereocenters. The molecule has 6 nitrogen and oxygen atoms in total. The minimum absolute atomic E-state index is 0.173. The number of benzene rings is 3. The topological polar surface area (TPSA) is 102 Å². The van der Waals surface area contributed by atoms with Gasteiger partial charge in [0.25, 0.3) is 0 Å². The van der Waals surface area contributed by atoms with Crippen LogP contribution in [0.4, 0.5) is 5.95 Å². The number of sulfone groups is 1. The number of aromatic nitrogens is 3. The molecular weight excluding hydrogens is 452 g/mol. The van der Waals surface area contributed by atoms with E-state index in [4.69, 9.17) is 10.7 Å². The molecule has 5 aromatic rings. The number of aromatic amines is 1. The number of hydrogen-bond donors (Lipinski definition) is 2. The van der Waals surface area contributed by atoms with Crippen LogP contribution in [0.3, 0.4) is 0 Å². The molecule has 3 N–H and O–H groups in total. The van der Waals surface area contributed by atoms with E-state index in [9.17, 15) is 8.42 Å². The normalized spacial score (nSPS) is 12.0. The van der Waals surface area contributed by atoms with Crippen LogP contribution in [0.15, 0.2) is 77.7 Å². The Labute approximate surface area is 196 Å². The van der Waals surface area contributed by atoms with Crippen molar-refractivity contribution in [3.8, 4) is 32.3 Å². The van der Waals surface area contributed by atoms with E-state index < -0.39 is 15.1 Å². The van der Waals surface area contributed by atoms with Crippen molar-refractivity contribution in [3.63, 3.8) is 0 Å². The first-order chi connectivity index (χ1) is 15.8. The second kappa shape index (κ2) is 8.13. The fourth-order valence-electron chi connectivity index (χ4n) is 3.72. The molecule has 0 aliphatic carbocycles. The number of anilines is 1. The zero-order valence-corrected chi connectivity index (χ0v) is 19.7. The van der Waals surface area contributed by atoms with Crippen molar-refractivity contribution in [2.75, 3.05) is 5.73 Å². The van der Waals surface area contributed by atoms with E-state index in [1.54, 1.807) is 19.9 Å². The molecule has 0 aliphatic rings. The minimum Gasteiger partial charge on any atom is -0.369 e. The Bertz CT molecular complexity index is 1550. The highest BCUT2D eigenvalue weighted by Crippen LogP contribution is 2.42. The summed E-state index contributed by atoms with van der Waals surface area (Å²) in [6.07, 6.45) is 0. The van der Waals surface area contributed by atoms with Gasteiger partial charge in [-0.25, -0.2) is 18.4 Å². The van der Waals surface area contributed by atoms with Crippen LogP contribution in [0, 0.1) is 0 Å². The predicted octanol–water partition coefficient (Wildman–Crippen LogP) is 5.78. The molecule has 166 valence electrons. The third-order valence-corrected chi connectivity index (χ3v) is 8.77. The summed E-state index contributed by atoms with van der Waals surface area (Å²) in [7, 11) is -3.60. The van der Waals surface area contributed by atoms with Crippen molar-refractivity contribution in [1.29, 1.82) is 0 Å². The Kier molecular flexibility index (Phi) is 5.26. The van der Waals surface area contributed by atoms with Crippen LogP contribution < -0.4 is 5.73 Å². The van der Waals surface area contributed by atoms with Gasteiger partial charge in [-0.3, -0.25) is 0 Å². The van der Waals surface area contributed by atoms with Gasteiger partial charge in [0.05, 0.1) is 26.2 Å². The molecule has 0 saturated heterocycles. The van der Waals surface area contributed by atoms with Gasteiger partial charge >= 0.3 is 0 Å². The average molecular weight is 475 g/mol. The number of H-pyrrole nitrogens is 1. The molecule has 5 rings (SSSR count). The van der Waals surface area contributed by atoms with E-state index in [2.05, 4.69) is 9.97 Å². The van der Waals surface area contributed by atoms with Crippen LogP contribution in [0.25, 0.3) is 43.3 Å². The zero-order valence-electron chi connectivity index (χ0n) is 18.1. The number of nitrogens with zero attached hydrogens (tertiary/aromatic N) is 2. The number of imidazole rings is 1. The molecule has 0 saturated carbocycles. The second-order valence-electron chi connectivity index (χ2n) is 8.02. The average Bonchev–Trinajstić information content (AvgIpc) is 3.42. The second-order valence-corrected chi connectivity index (χ2v) is 11.5. The molecule has 8 heteroatoms. The molecule has 0 aliphatic heterocycles. The highest BCUT2D eigenvalue weighted by atomic mass is 32.2. The van der Waals surface area contributed by atoms with Crippen molar-refractivity contribution in [1.82, 2.24) is 15.0 Å². The van der Waals surface area contributed by atoms with Crippen molar-refractivity contribution >= 4 is 38.2 Å². The number of rotatable bonds is 5. The summed E-state index contributed by atoms with van der Waals surface area (Å²) in [5.41, 5.74) is 10.4. The van der Waals surface area contributed by atoms with Crippen LogP contribution in [0.2, 0.25) is 0 Å². The standard InChI is InChI=1S/C25H22N4O2S2/c1-15(2)33(30,31)20-14-18(13-19-22(20)29-25(26)27-19)23-21(16-9-5-3-6-10-16)28-24(32-23)17-11-7-4-8-12-17/h3-15H,1-2H3,(H3,26,27,29). The maximum absolute atomic E-state index is 13.2. The first-order valence-corrected chi connectivity index (χ1v) is 12.9. The van der Waals surface area contributed by atoms with Gasteiger partial charge in [-0.15, -0.1) is 11.3 Å². The SMILES string of the molecule is CC(C)S(=O)(=O)c1cc(-c2sc(-c3ccccc3)nc2-c2ccccc2)cc2[nH]c(N)nc12. The van der Waals surface area contributed by atoms with Gasteiger partial charge in [0.2, 0.25) is 0 Å². The van der Waals surface area contributed by atoms with Crippen LogP contribution in [-0.2, 0) is 9.84 Å². The number of thiazole rings is 1. The first-order valence-electron chi connectivity index (χ1n) is 10.5. The van der Waals surface area contributed by atoms with E-state index in [0.29, 0.717) is 11.0 Å². The Hall–Kier alpha value is -3.49. The fourth-order valence-corrected chi connectivity index (χ4v) is 6.02. The highest BCUT2D eigenvalue weighted by molar-refractivity contribution is 7.92. The van der Waals surface area contributed by atoms with Gasteiger partial charge in [-0.1, -0.05) is 60.7 Å². The van der Waals surface area contributed by atoms with Gasteiger partial charge in [0, 0.05) is 11.1 Å². The molecule has 0 bridgehead atoms. The summed E-state index contributed by atoms with van der Waals surface area (Å²) in [4.78, 5) is 13.3. The van der Waals surface area contributed by atoms with E-state index in [0.717, 1.165) is 32.3 Å². The van der Waals surface area contributed by atoms with Crippen molar-refractivity contribution in [3.05, 3.63) is 72.8 Å². The summed E-state index contributed by atoms with van der Waals surface area (Å²) < 4.78 is 26.4. The lowest BCUT2D eigenvalue weighted by Crippen LogP contribution is -2.14. The lowest BCUT2D eigenvalue weighted by atomic mass is 10.1. The Morgan fingerprint density at radius 1 is 0.879 bits per heavy atom. The molecule has 33 heavy (non-hydrogen) atoms. The van der Waals surface area contributed by atoms with Crippen molar-refractivity contribution in [2.24, 2.45) is 0 Å². The summed E-state index contributed by atoms with van der Waals surface area (Å²) in [6.45, 7) is 3.33. The van der Waals surface area contributed by atoms with E-state index in [1.807, 2.05) is 66.7 Å². The smallest absolute Gasteiger partial charge is 0.198 e. The predicted molar refractivity (Wildman–Crippen MR) is 135 cm³/mol. The van der Waals surface area contributed by atoms with Crippen LogP contribution >= 0.6 is 11.3 Å². The third kappa shape index (κ3) is 3.81. The zero-order chi connectivity index (χ0) is 23.2. The van der Waals surface area contributed by atoms with Gasteiger partial charge in [0.1, 0.15) is 10.5 Å². The number of hydrogen-bond acceptors (Lipinski definition) is 6. The maximum atomic E-state index is 13.2. The molecule has 3 aromatic carbocycles. The third-order valence-electron chi connectivity index (χ3n) is 5.45. The van der Waals surface area contributed by atoms with Gasteiger partial charge in [-0.2, -0.15) is 0 Å². The minimum atomic E-state index is -3.60. The summed E-state index contributed by atoms with van der Waals surface area (Å²) in [6, 6.07) is 23.5. The van der Waals surface area contributed by atoms with Crippen LogP contribution in [-0.4, -0.2) is 28.6 Å². The largest absolute Gasteiger partial charge is 0.369 e. The number of fused-ring (bicyclic) bond motifs is 1. The van der Waals surface area contributed by atoms with Crippen LogP contribution in [0.1, 0.15) is 13.8 Å². The molecular formula is C25H22N4O2S2. The Morgan fingerprint density at radius 3 is 2.15 bits per heavy atom. The lowest BCUT2D eigenvalue weighted by molar-refractivity contribution is 0.588. The Morgan fingerprint density at radius 2 is 1.52 bits per heavy atom. The molecule has 0 radical (unpaired) electrons. The molecule has 0 amide bonds. The quantitative estimate of drug-likeness (QED) is 0.336. The van der Waals surface area contributed by atoms with Gasteiger partial charge in [0.15, 0.2) is 15.8 Å². The fraction of sp³-hybridized carbons (Fsp3) is 0.120. The lowest BCUT2D eigenvalue weighted by Gasteiger charge is -2.11. The Balaban J connectivity index is 1.80. The number of nitrogens with one attached hydrogen (secondary N) is 1. The van der Waals surface area contributed by atoms with E-state index in [1.165, 1.54) is 11.3 Å².